The van der Waals surface area contributed by atoms with E-state index in [0.717, 1.165) is 25.0 Å². The molecule has 0 saturated carbocycles. The zero-order valence-corrected chi connectivity index (χ0v) is 14.4. The van der Waals surface area contributed by atoms with Gasteiger partial charge in [0, 0.05) is 19.5 Å². The number of ether oxygens (including phenoxy) is 2. The third-order valence-electron chi connectivity index (χ3n) is 4.99. The Morgan fingerprint density at radius 3 is 3.00 bits per heavy atom. The van der Waals surface area contributed by atoms with Crippen molar-refractivity contribution in [2.75, 3.05) is 26.8 Å². The second kappa shape index (κ2) is 6.52. The van der Waals surface area contributed by atoms with Crippen molar-refractivity contribution in [2.24, 2.45) is 0 Å². The van der Waals surface area contributed by atoms with Crippen molar-refractivity contribution in [1.82, 2.24) is 4.90 Å². The summed E-state index contributed by atoms with van der Waals surface area (Å²) in [5.41, 5.74) is 2.44. The highest BCUT2D eigenvalue weighted by molar-refractivity contribution is 5.77. The highest BCUT2D eigenvalue weighted by atomic mass is 16.5. The first kappa shape index (κ1) is 16.3. The Morgan fingerprint density at radius 2 is 2.26 bits per heavy atom. The van der Waals surface area contributed by atoms with E-state index in [1.54, 1.807) is 7.11 Å². The van der Waals surface area contributed by atoms with Crippen LogP contribution < -0.4 is 4.74 Å². The highest BCUT2D eigenvalue weighted by Gasteiger charge is 2.32. The van der Waals surface area contributed by atoms with E-state index in [2.05, 4.69) is 26.0 Å². The molecular weight excluding hydrogens is 290 g/mol. The van der Waals surface area contributed by atoms with E-state index >= 15 is 0 Å². The van der Waals surface area contributed by atoms with E-state index < -0.39 is 0 Å². The van der Waals surface area contributed by atoms with Gasteiger partial charge in [-0.05, 0) is 62.3 Å². The molecule has 23 heavy (non-hydrogen) atoms. The number of hydrogen-bond donors (Lipinski definition) is 0. The first-order valence-corrected chi connectivity index (χ1v) is 8.57. The SMILES string of the molecule is COc1ccc2c(c1)CCCC2CC(=O)N1CCOC(C)(C)C1. The standard InChI is InChI=1S/C19H27NO3/c1-19(2)13-20(9-10-23-19)18(21)12-15-6-4-5-14-11-16(22-3)7-8-17(14)15/h7-8,11,15H,4-6,9-10,12-13H2,1-3H3. The number of hydrogen-bond acceptors (Lipinski definition) is 3. The van der Waals surface area contributed by atoms with Crippen LogP contribution in [-0.4, -0.2) is 43.2 Å². The smallest absolute Gasteiger partial charge is 0.223 e. The minimum atomic E-state index is -0.230. The zero-order valence-electron chi connectivity index (χ0n) is 14.4. The molecule has 1 aromatic rings. The molecule has 1 heterocycles. The van der Waals surface area contributed by atoms with Gasteiger partial charge < -0.3 is 14.4 Å². The molecule has 4 heteroatoms. The zero-order chi connectivity index (χ0) is 16.4. The van der Waals surface area contributed by atoms with Gasteiger partial charge in [-0.2, -0.15) is 0 Å². The third kappa shape index (κ3) is 3.69. The van der Waals surface area contributed by atoms with Crippen molar-refractivity contribution in [3.05, 3.63) is 29.3 Å². The monoisotopic (exact) mass is 317 g/mol. The normalized spacial score (nSPS) is 23.3. The summed E-state index contributed by atoms with van der Waals surface area (Å²) >= 11 is 0. The Labute approximate surface area is 138 Å². The van der Waals surface area contributed by atoms with Gasteiger partial charge in [-0.1, -0.05) is 6.07 Å². The van der Waals surface area contributed by atoms with Gasteiger partial charge in [0.1, 0.15) is 5.75 Å². The van der Waals surface area contributed by atoms with E-state index in [1.807, 2.05) is 11.0 Å². The van der Waals surface area contributed by atoms with E-state index in [4.69, 9.17) is 9.47 Å². The van der Waals surface area contributed by atoms with Gasteiger partial charge in [0.05, 0.1) is 19.3 Å². The number of morpholine rings is 1. The third-order valence-corrected chi connectivity index (χ3v) is 4.99. The van der Waals surface area contributed by atoms with Crippen molar-refractivity contribution in [3.8, 4) is 5.75 Å². The van der Waals surface area contributed by atoms with Gasteiger partial charge in [0.25, 0.3) is 0 Å². The molecule has 1 atom stereocenters. The summed E-state index contributed by atoms with van der Waals surface area (Å²) < 4.78 is 11.0. The van der Waals surface area contributed by atoms with Gasteiger partial charge in [-0.15, -0.1) is 0 Å². The summed E-state index contributed by atoms with van der Waals surface area (Å²) in [7, 11) is 1.70. The fraction of sp³-hybridized carbons (Fsp3) is 0.632. The number of nitrogens with zero attached hydrogens (tertiary/aromatic N) is 1. The molecule has 0 radical (unpaired) electrons. The summed E-state index contributed by atoms with van der Waals surface area (Å²) in [6.45, 7) is 6.14. The number of methoxy groups -OCH3 is 1. The Morgan fingerprint density at radius 1 is 1.43 bits per heavy atom. The Hall–Kier alpha value is -1.55. The minimum absolute atomic E-state index is 0.230. The van der Waals surface area contributed by atoms with Crippen LogP contribution >= 0.6 is 0 Å². The van der Waals surface area contributed by atoms with Gasteiger partial charge in [0.15, 0.2) is 0 Å². The number of rotatable bonds is 3. The van der Waals surface area contributed by atoms with Crippen molar-refractivity contribution >= 4 is 5.91 Å². The summed E-state index contributed by atoms with van der Waals surface area (Å²) in [5.74, 6) is 1.50. The van der Waals surface area contributed by atoms with Crippen LogP contribution in [0.1, 0.15) is 50.2 Å². The molecule has 1 aliphatic heterocycles. The van der Waals surface area contributed by atoms with E-state index in [0.29, 0.717) is 32.0 Å². The lowest BCUT2D eigenvalue weighted by Crippen LogP contribution is -2.50. The van der Waals surface area contributed by atoms with E-state index in [1.165, 1.54) is 11.1 Å². The van der Waals surface area contributed by atoms with Crippen LogP contribution in [0.15, 0.2) is 18.2 Å². The maximum Gasteiger partial charge on any atom is 0.223 e. The first-order chi connectivity index (χ1) is 11.0. The lowest BCUT2D eigenvalue weighted by molar-refractivity contribution is -0.146. The molecule has 1 unspecified atom stereocenters. The topological polar surface area (TPSA) is 38.8 Å². The predicted octanol–water partition coefficient (Wildman–Crippen LogP) is 3.14. The van der Waals surface area contributed by atoms with Crippen LogP contribution in [-0.2, 0) is 16.0 Å². The Balaban J connectivity index is 1.70. The van der Waals surface area contributed by atoms with E-state index in [-0.39, 0.29) is 11.5 Å². The number of carbonyl (C=O) groups excluding carboxylic acids is 1. The summed E-state index contributed by atoms with van der Waals surface area (Å²) in [4.78, 5) is 14.7. The maximum absolute atomic E-state index is 12.7. The molecule has 3 rings (SSSR count). The van der Waals surface area contributed by atoms with Crippen LogP contribution in [0.5, 0.6) is 5.75 Å². The van der Waals surface area contributed by atoms with E-state index in [9.17, 15) is 4.79 Å². The Kier molecular flexibility index (Phi) is 4.62. The molecule has 0 spiro atoms. The second-order valence-electron chi connectivity index (χ2n) is 7.28. The molecule has 1 amide bonds. The average molecular weight is 317 g/mol. The number of carbonyl (C=O) groups is 1. The summed E-state index contributed by atoms with van der Waals surface area (Å²) in [6.07, 6.45) is 3.93. The molecule has 1 aliphatic carbocycles. The summed E-state index contributed by atoms with van der Waals surface area (Å²) in [6, 6.07) is 6.29. The van der Waals surface area contributed by atoms with Crippen LogP contribution in [0.3, 0.4) is 0 Å². The molecule has 4 nitrogen and oxygen atoms in total. The molecule has 1 saturated heterocycles. The number of fused-ring (bicyclic) bond motifs is 1. The van der Waals surface area contributed by atoms with Gasteiger partial charge in [-0.25, -0.2) is 0 Å². The van der Waals surface area contributed by atoms with Crippen LogP contribution in [0.2, 0.25) is 0 Å². The predicted molar refractivity (Wildman–Crippen MR) is 89.9 cm³/mol. The van der Waals surface area contributed by atoms with Crippen LogP contribution in [0.4, 0.5) is 0 Å². The second-order valence-corrected chi connectivity index (χ2v) is 7.28. The molecule has 1 fully saturated rings. The van der Waals surface area contributed by atoms with Crippen molar-refractivity contribution in [2.45, 2.75) is 51.0 Å². The van der Waals surface area contributed by atoms with Gasteiger partial charge in [0.2, 0.25) is 5.91 Å². The fourth-order valence-electron chi connectivity index (χ4n) is 3.80. The van der Waals surface area contributed by atoms with Crippen molar-refractivity contribution in [3.63, 3.8) is 0 Å². The van der Waals surface area contributed by atoms with Crippen molar-refractivity contribution in [1.29, 1.82) is 0 Å². The average Bonchev–Trinajstić information content (AvgIpc) is 2.53. The molecule has 0 aromatic heterocycles. The molecule has 1 aromatic carbocycles. The minimum Gasteiger partial charge on any atom is -0.497 e. The molecule has 2 aliphatic rings. The molecule has 126 valence electrons. The van der Waals surface area contributed by atoms with Crippen molar-refractivity contribution < 1.29 is 14.3 Å². The Bertz CT molecular complexity index is 582. The maximum atomic E-state index is 12.7. The largest absolute Gasteiger partial charge is 0.497 e. The van der Waals surface area contributed by atoms with Crippen LogP contribution in [0, 0.1) is 0 Å². The molecule has 0 bridgehead atoms. The lowest BCUT2D eigenvalue weighted by atomic mass is 9.80. The van der Waals surface area contributed by atoms with Gasteiger partial charge in [-0.3, -0.25) is 4.79 Å². The molecular formula is C19H27NO3. The fourth-order valence-corrected chi connectivity index (χ4v) is 3.80. The summed E-state index contributed by atoms with van der Waals surface area (Å²) in [5, 5.41) is 0. The number of amides is 1. The first-order valence-electron chi connectivity index (χ1n) is 8.57. The molecule has 0 N–H and O–H groups in total. The van der Waals surface area contributed by atoms with Crippen LogP contribution in [0.25, 0.3) is 0 Å². The lowest BCUT2D eigenvalue weighted by Gasteiger charge is -2.39. The number of aryl methyl sites for hydroxylation is 1. The quantitative estimate of drug-likeness (QED) is 0.859. The number of benzene rings is 1. The van der Waals surface area contributed by atoms with Gasteiger partial charge >= 0.3 is 0 Å². The highest BCUT2D eigenvalue weighted by Crippen LogP contribution is 2.36.